The Morgan fingerprint density at radius 3 is 2.33 bits per heavy atom. The predicted octanol–water partition coefficient (Wildman–Crippen LogP) is 1.59. The molecule has 6 nitrogen and oxygen atoms in total. The van der Waals surface area contributed by atoms with E-state index < -0.39 is 0 Å². The van der Waals surface area contributed by atoms with Gasteiger partial charge in [0.05, 0.1) is 0 Å². The highest BCUT2D eigenvalue weighted by Crippen LogP contribution is 2.13. The molecule has 0 radical (unpaired) electrons. The maximum atomic E-state index is 9.39. The second-order valence-corrected chi connectivity index (χ2v) is 4.37. The zero-order valence-electron chi connectivity index (χ0n) is 11.2. The molecule has 1 aromatic heterocycles. The molecule has 1 aromatic rings. The number of nitrogens with two attached hydrogens (primary N) is 1. The van der Waals surface area contributed by atoms with Gasteiger partial charge in [0.1, 0.15) is 11.6 Å². The molecule has 1 heterocycles. The number of hydrogen-bond acceptors (Lipinski definition) is 5. The number of unbranched alkanes of at least 4 members (excludes halogenated alkanes) is 2. The fourth-order valence-corrected chi connectivity index (χ4v) is 1.70. The number of nitrogen functional groups attached to an aromatic ring is 1. The Bertz CT molecular complexity index is 421. The first-order valence-electron chi connectivity index (χ1n) is 6.48. The van der Waals surface area contributed by atoms with Gasteiger partial charge in [0.15, 0.2) is 0 Å². The van der Waals surface area contributed by atoms with E-state index in [0.717, 1.165) is 38.8 Å². The summed E-state index contributed by atoms with van der Waals surface area (Å²) in [6, 6.07) is 1.61. The molecule has 0 atom stereocenters. The maximum Gasteiger partial charge on any atom is 0.259 e. The van der Waals surface area contributed by atoms with Crippen molar-refractivity contribution in [1.82, 2.24) is 9.71 Å². The highest BCUT2D eigenvalue weighted by Gasteiger charge is 2.10. The molecule has 0 aliphatic heterocycles. The molecule has 18 heavy (non-hydrogen) atoms. The lowest BCUT2D eigenvalue weighted by molar-refractivity contribution is 0.171. The van der Waals surface area contributed by atoms with Crippen molar-refractivity contribution in [3.05, 3.63) is 11.7 Å². The third kappa shape index (κ3) is 3.65. The van der Waals surface area contributed by atoms with Crippen molar-refractivity contribution in [2.24, 2.45) is 0 Å². The Kier molecular flexibility index (Phi) is 5.48. The van der Waals surface area contributed by atoms with Crippen LogP contribution in [0.5, 0.6) is 0 Å². The molecule has 0 unspecified atom stereocenters. The monoisotopic (exact) mass is 253 g/mol. The van der Waals surface area contributed by atoms with Gasteiger partial charge in [0.2, 0.25) is 0 Å². The van der Waals surface area contributed by atoms with E-state index in [-0.39, 0.29) is 11.4 Å². The van der Waals surface area contributed by atoms with Crippen molar-refractivity contribution < 1.29 is 5.21 Å². The highest BCUT2D eigenvalue weighted by molar-refractivity contribution is 5.46. The zero-order chi connectivity index (χ0) is 13.5. The van der Waals surface area contributed by atoms with E-state index >= 15 is 0 Å². The molecule has 4 N–H and O–H groups in total. The van der Waals surface area contributed by atoms with Crippen molar-refractivity contribution in [1.29, 1.82) is 5.41 Å². The minimum Gasteiger partial charge on any atom is -0.423 e. The van der Waals surface area contributed by atoms with Gasteiger partial charge in [-0.15, -0.1) is 4.73 Å². The number of anilines is 2. The Morgan fingerprint density at radius 1 is 1.33 bits per heavy atom. The van der Waals surface area contributed by atoms with Crippen LogP contribution < -0.4 is 16.3 Å². The summed E-state index contributed by atoms with van der Waals surface area (Å²) in [4.78, 5) is 6.19. The number of nitrogens with zero attached hydrogens (tertiary/aromatic N) is 3. The molecule has 0 spiro atoms. The van der Waals surface area contributed by atoms with Crippen LogP contribution in [0.2, 0.25) is 0 Å². The second-order valence-electron chi connectivity index (χ2n) is 4.37. The van der Waals surface area contributed by atoms with Gasteiger partial charge >= 0.3 is 0 Å². The normalized spacial score (nSPS) is 10.6. The number of aromatic nitrogens is 2. The van der Waals surface area contributed by atoms with Gasteiger partial charge in [-0.2, -0.15) is 4.98 Å². The molecule has 0 bridgehead atoms. The van der Waals surface area contributed by atoms with Crippen LogP contribution in [0.15, 0.2) is 6.07 Å². The molecule has 0 fully saturated rings. The summed E-state index contributed by atoms with van der Waals surface area (Å²) in [5.41, 5.74) is 5.41. The summed E-state index contributed by atoms with van der Waals surface area (Å²) in [6.07, 6.45) is 4.37. The molecule has 6 heteroatoms. The Hall–Kier alpha value is -1.72. The molecule has 0 aliphatic carbocycles. The lowest BCUT2D eigenvalue weighted by Crippen LogP contribution is -2.31. The zero-order valence-corrected chi connectivity index (χ0v) is 11.2. The van der Waals surface area contributed by atoms with E-state index in [1.54, 1.807) is 6.07 Å². The van der Waals surface area contributed by atoms with Crippen LogP contribution in [0, 0.1) is 5.41 Å². The summed E-state index contributed by atoms with van der Waals surface area (Å²) in [5.74, 6) is 0.813. The van der Waals surface area contributed by atoms with Gasteiger partial charge in [0, 0.05) is 19.2 Å². The molecule has 102 valence electrons. The van der Waals surface area contributed by atoms with Gasteiger partial charge in [-0.25, -0.2) is 0 Å². The lowest BCUT2D eigenvalue weighted by atomic mass is 10.2. The molecular weight excluding hydrogens is 230 g/mol. The second kappa shape index (κ2) is 6.88. The third-order valence-corrected chi connectivity index (χ3v) is 2.83. The quantitative estimate of drug-likeness (QED) is 0.643. The standard InChI is InChI=1S/C12H23N5O/c1-3-5-7-16(8-6-4-2)11-9-10(13)17(18)12(14)15-11/h9,14,18H,3-8,13H2,1-2H3. The van der Waals surface area contributed by atoms with Crippen molar-refractivity contribution in [2.45, 2.75) is 39.5 Å². The summed E-state index contributed by atoms with van der Waals surface area (Å²) in [6.45, 7) is 6.08. The Labute approximate surface area is 108 Å². The molecule has 1 rings (SSSR count). The van der Waals surface area contributed by atoms with E-state index in [1.807, 2.05) is 0 Å². The van der Waals surface area contributed by atoms with Crippen LogP contribution >= 0.6 is 0 Å². The van der Waals surface area contributed by atoms with E-state index in [9.17, 15) is 5.21 Å². The molecule has 0 aliphatic rings. The van der Waals surface area contributed by atoms with Gasteiger partial charge in [-0.05, 0) is 12.8 Å². The predicted molar refractivity (Wildman–Crippen MR) is 71.7 cm³/mol. The largest absolute Gasteiger partial charge is 0.423 e. The Balaban J connectivity index is 2.93. The topological polar surface area (TPSA) is 91.2 Å². The molecule has 0 saturated heterocycles. The van der Waals surface area contributed by atoms with E-state index in [2.05, 4.69) is 23.7 Å². The summed E-state index contributed by atoms with van der Waals surface area (Å²) >= 11 is 0. The third-order valence-electron chi connectivity index (χ3n) is 2.83. The van der Waals surface area contributed by atoms with Gasteiger partial charge in [-0.1, -0.05) is 26.7 Å². The molecule has 0 aromatic carbocycles. The highest BCUT2D eigenvalue weighted by atomic mass is 16.5. The fraction of sp³-hybridized carbons (Fsp3) is 0.667. The van der Waals surface area contributed by atoms with Crippen molar-refractivity contribution in [3.63, 3.8) is 0 Å². The SMILES string of the molecule is CCCCN(CCCC)c1cc(N)n(O)c(=N)n1. The smallest absolute Gasteiger partial charge is 0.259 e. The van der Waals surface area contributed by atoms with Gasteiger partial charge < -0.3 is 15.8 Å². The summed E-state index contributed by atoms with van der Waals surface area (Å²) in [7, 11) is 0. The minimum atomic E-state index is -0.233. The minimum absolute atomic E-state index is 0.142. The van der Waals surface area contributed by atoms with Crippen LogP contribution in [0.1, 0.15) is 39.5 Å². The van der Waals surface area contributed by atoms with Crippen LogP contribution in [-0.4, -0.2) is 28.0 Å². The van der Waals surface area contributed by atoms with Crippen LogP contribution in [0.25, 0.3) is 0 Å². The molecular formula is C12H23N5O. The number of nitrogens with one attached hydrogen (secondary N) is 1. The van der Waals surface area contributed by atoms with Gasteiger partial charge in [0.25, 0.3) is 5.62 Å². The first-order valence-corrected chi connectivity index (χ1v) is 6.48. The number of hydrogen-bond donors (Lipinski definition) is 3. The molecule has 0 amide bonds. The summed E-state index contributed by atoms with van der Waals surface area (Å²) < 4.78 is 0.585. The maximum absolute atomic E-state index is 9.39. The average molecular weight is 253 g/mol. The summed E-state index contributed by atoms with van der Waals surface area (Å²) in [5, 5.41) is 16.9. The van der Waals surface area contributed by atoms with Crippen molar-refractivity contribution in [3.8, 4) is 0 Å². The van der Waals surface area contributed by atoms with Crippen LogP contribution in [0.4, 0.5) is 11.6 Å². The Morgan fingerprint density at radius 2 is 1.89 bits per heavy atom. The van der Waals surface area contributed by atoms with Crippen molar-refractivity contribution in [2.75, 3.05) is 23.7 Å². The van der Waals surface area contributed by atoms with E-state index in [0.29, 0.717) is 10.5 Å². The van der Waals surface area contributed by atoms with Crippen LogP contribution in [0.3, 0.4) is 0 Å². The van der Waals surface area contributed by atoms with Crippen molar-refractivity contribution >= 4 is 11.6 Å². The fourth-order valence-electron chi connectivity index (χ4n) is 1.70. The molecule has 0 saturated carbocycles. The van der Waals surface area contributed by atoms with E-state index in [1.165, 1.54) is 0 Å². The van der Waals surface area contributed by atoms with Gasteiger partial charge in [-0.3, -0.25) is 5.41 Å². The lowest BCUT2D eigenvalue weighted by Gasteiger charge is -2.23. The van der Waals surface area contributed by atoms with Crippen LogP contribution in [-0.2, 0) is 0 Å². The average Bonchev–Trinajstić information content (AvgIpc) is 2.35. The first-order chi connectivity index (χ1) is 8.60. The first kappa shape index (κ1) is 14.3. The van der Waals surface area contributed by atoms with E-state index in [4.69, 9.17) is 11.1 Å². The number of rotatable bonds is 7.